The van der Waals surface area contributed by atoms with Gasteiger partial charge in [0, 0.05) is 5.92 Å². The molecule has 1 rings (SSSR count). The maximum atomic E-state index is 13.4. The van der Waals surface area contributed by atoms with Crippen LogP contribution in [-0.2, 0) is 14.8 Å². The van der Waals surface area contributed by atoms with Gasteiger partial charge in [-0.25, -0.2) is 17.9 Å². The first-order chi connectivity index (χ1) is 8.25. The Hall–Kier alpha value is -1.47. The summed E-state index contributed by atoms with van der Waals surface area (Å²) in [6, 6.07) is 3.00. The summed E-state index contributed by atoms with van der Waals surface area (Å²) in [7, 11) is -3.92. The molecule has 0 saturated heterocycles. The average Bonchev–Trinajstić information content (AvgIpc) is 2.29. The Morgan fingerprint density at radius 1 is 1.50 bits per heavy atom. The molecule has 0 bridgehead atoms. The lowest BCUT2D eigenvalue weighted by Crippen LogP contribution is -2.21. The third-order valence-corrected chi connectivity index (χ3v) is 3.50. The van der Waals surface area contributed by atoms with E-state index < -0.39 is 15.8 Å². The second kappa shape index (κ2) is 5.45. The van der Waals surface area contributed by atoms with E-state index in [2.05, 4.69) is 5.32 Å². The molecule has 0 aromatic heterocycles. The number of nitrogens with one attached hydrogen (secondary N) is 1. The molecule has 7 heteroatoms. The third kappa shape index (κ3) is 3.51. The van der Waals surface area contributed by atoms with E-state index >= 15 is 0 Å². The number of primary sulfonamides is 1. The number of halogens is 1. The van der Waals surface area contributed by atoms with E-state index in [4.69, 9.17) is 5.14 Å². The van der Waals surface area contributed by atoms with E-state index in [9.17, 15) is 17.6 Å². The molecule has 5 nitrogen and oxygen atoms in total. The summed E-state index contributed by atoms with van der Waals surface area (Å²) in [5.74, 6) is -1.37. The van der Waals surface area contributed by atoms with Crippen molar-refractivity contribution < 1.29 is 17.6 Å². The van der Waals surface area contributed by atoms with Gasteiger partial charge in [-0.15, -0.1) is 0 Å². The van der Waals surface area contributed by atoms with Crippen LogP contribution in [0, 0.1) is 11.7 Å². The van der Waals surface area contributed by atoms with Crippen molar-refractivity contribution in [1.82, 2.24) is 0 Å². The maximum Gasteiger partial charge on any atom is 0.238 e. The molecule has 1 atom stereocenters. The second-order valence-electron chi connectivity index (χ2n) is 3.99. The SMILES string of the molecule is CCC(C)C(=O)Nc1cc(S(N)(=O)=O)ccc1F. The molecule has 1 aromatic rings. The highest BCUT2D eigenvalue weighted by atomic mass is 32.2. The number of benzene rings is 1. The van der Waals surface area contributed by atoms with E-state index in [-0.39, 0.29) is 22.4 Å². The number of rotatable bonds is 4. The van der Waals surface area contributed by atoms with Crippen LogP contribution in [0.3, 0.4) is 0 Å². The van der Waals surface area contributed by atoms with Crippen LogP contribution >= 0.6 is 0 Å². The Labute approximate surface area is 105 Å². The summed E-state index contributed by atoms with van der Waals surface area (Å²) in [5.41, 5.74) is -0.188. The van der Waals surface area contributed by atoms with Gasteiger partial charge in [0.25, 0.3) is 0 Å². The van der Waals surface area contributed by atoms with E-state index in [0.717, 1.165) is 18.2 Å². The van der Waals surface area contributed by atoms with Crippen LogP contribution in [0.25, 0.3) is 0 Å². The molecular formula is C11H15FN2O3S. The zero-order valence-corrected chi connectivity index (χ0v) is 10.9. The molecule has 0 radical (unpaired) electrons. The van der Waals surface area contributed by atoms with Crippen LogP contribution in [0.2, 0.25) is 0 Å². The molecule has 1 aromatic carbocycles. The normalized spacial score (nSPS) is 13.1. The zero-order chi connectivity index (χ0) is 13.9. The first-order valence-electron chi connectivity index (χ1n) is 5.39. The Morgan fingerprint density at radius 3 is 2.61 bits per heavy atom. The molecule has 0 heterocycles. The molecule has 18 heavy (non-hydrogen) atoms. The Bertz CT molecular complexity index is 557. The molecule has 1 unspecified atom stereocenters. The predicted octanol–water partition coefficient (Wildman–Crippen LogP) is 1.46. The van der Waals surface area contributed by atoms with Gasteiger partial charge in [-0.3, -0.25) is 4.79 Å². The van der Waals surface area contributed by atoms with Gasteiger partial charge in [-0.05, 0) is 24.6 Å². The summed E-state index contributed by atoms with van der Waals surface area (Å²) in [4.78, 5) is 11.4. The lowest BCUT2D eigenvalue weighted by molar-refractivity contribution is -0.119. The summed E-state index contributed by atoms with van der Waals surface area (Å²) >= 11 is 0. The van der Waals surface area contributed by atoms with Crippen molar-refractivity contribution in [1.29, 1.82) is 0 Å². The van der Waals surface area contributed by atoms with E-state index in [1.54, 1.807) is 6.92 Å². The number of amides is 1. The first-order valence-corrected chi connectivity index (χ1v) is 6.93. The molecule has 0 aliphatic carbocycles. The summed E-state index contributed by atoms with van der Waals surface area (Å²) in [6.45, 7) is 3.51. The topological polar surface area (TPSA) is 89.3 Å². The van der Waals surface area contributed by atoms with Crippen molar-refractivity contribution in [2.24, 2.45) is 11.1 Å². The minimum atomic E-state index is -3.92. The molecule has 0 saturated carbocycles. The Morgan fingerprint density at radius 2 is 2.11 bits per heavy atom. The monoisotopic (exact) mass is 274 g/mol. The van der Waals surface area contributed by atoms with Gasteiger partial charge >= 0.3 is 0 Å². The number of sulfonamides is 1. The van der Waals surface area contributed by atoms with E-state index in [0.29, 0.717) is 6.42 Å². The second-order valence-corrected chi connectivity index (χ2v) is 5.55. The van der Waals surface area contributed by atoms with Gasteiger partial charge in [-0.2, -0.15) is 0 Å². The number of hydrogen-bond acceptors (Lipinski definition) is 3. The number of anilines is 1. The maximum absolute atomic E-state index is 13.4. The van der Waals surface area contributed by atoms with Gasteiger partial charge in [0.05, 0.1) is 10.6 Å². The highest BCUT2D eigenvalue weighted by Crippen LogP contribution is 2.19. The lowest BCUT2D eigenvalue weighted by Gasteiger charge is -2.11. The fourth-order valence-corrected chi connectivity index (χ4v) is 1.76. The minimum Gasteiger partial charge on any atom is -0.323 e. The first kappa shape index (κ1) is 14.6. The minimum absolute atomic E-state index is 0.188. The van der Waals surface area contributed by atoms with Gasteiger partial charge in [-0.1, -0.05) is 13.8 Å². The summed E-state index contributed by atoms with van der Waals surface area (Å²) < 4.78 is 35.7. The fourth-order valence-electron chi connectivity index (χ4n) is 1.22. The van der Waals surface area contributed by atoms with Crippen LogP contribution in [0.15, 0.2) is 23.1 Å². The molecule has 1 amide bonds. The molecule has 0 aliphatic rings. The van der Waals surface area contributed by atoms with Gasteiger partial charge < -0.3 is 5.32 Å². The van der Waals surface area contributed by atoms with Crippen molar-refractivity contribution in [3.63, 3.8) is 0 Å². The summed E-state index contributed by atoms with van der Waals surface area (Å²) in [6.07, 6.45) is 0.600. The quantitative estimate of drug-likeness (QED) is 0.871. The third-order valence-electron chi connectivity index (χ3n) is 2.58. The zero-order valence-electron chi connectivity index (χ0n) is 10.1. The average molecular weight is 274 g/mol. The van der Waals surface area contributed by atoms with Crippen LogP contribution in [0.4, 0.5) is 10.1 Å². The van der Waals surface area contributed by atoms with E-state index in [1.165, 1.54) is 0 Å². The van der Waals surface area contributed by atoms with Crippen LogP contribution in [-0.4, -0.2) is 14.3 Å². The molecule has 3 N–H and O–H groups in total. The van der Waals surface area contributed by atoms with Crippen LogP contribution in [0.1, 0.15) is 20.3 Å². The van der Waals surface area contributed by atoms with Crippen molar-refractivity contribution in [2.45, 2.75) is 25.2 Å². The predicted molar refractivity (Wildman–Crippen MR) is 65.9 cm³/mol. The Balaban J connectivity index is 3.06. The standard InChI is InChI=1S/C11H15FN2O3S/c1-3-7(2)11(15)14-10-6-8(18(13,16)17)4-5-9(10)12/h4-7H,3H2,1-2H3,(H,14,15)(H2,13,16,17). The van der Waals surface area contributed by atoms with Crippen molar-refractivity contribution in [3.8, 4) is 0 Å². The largest absolute Gasteiger partial charge is 0.323 e. The molecular weight excluding hydrogens is 259 g/mol. The Kier molecular flexibility index (Phi) is 4.42. The van der Waals surface area contributed by atoms with Gasteiger partial charge in [0.2, 0.25) is 15.9 Å². The van der Waals surface area contributed by atoms with E-state index in [1.807, 2.05) is 6.92 Å². The number of nitrogens with two attached hydrogens (primary N) is 1. The highest BCUT2D eigenvalue weighted by molar-refractivity contribution is 7.89. The summed E-state index contributed by atoms with van der Waals surface area (Å²) in [5, 5.41) is 7.27. The highest BCUT2D eigenvalue weighted by Gasteiger charge is 2.16. The van der Waals surface area contributed by atoms with Gasteiger partial charge in [0.15, 0.2) is 0 Å². The molecule has 100 valence electrons. The number of carbonyl (C=O) groups excluding carboxylic acids is 1. The van der Waals surface area contributed by atoms with Crippen molar-refractivity contribution in [3.05, 3.63) is 24.0 Å². The molecule has 0 fully saturated rings. The van der Waals surface area contributed by atoms with Crippen LogP contribution in [0.5, 0.6) is 0 Å². The lowest BCUT2D eigenvalue weighted by atomic mass is 10.1. The van der Waals surface area contributed by atoms with Crippen LogP contribution < -0.4 is 10.5 Å². The number of carbonyl (C=O) groups is 1. The number of hydrogen-bond donors (Lipinski definition) is 2. The molecule has 0 spiro atoms. The smallest absolute Gasteiger partial charge is 0.238 e. The molecule has 0 aliphatic heterocycles. The van der Waals surface area contributed by atoms with Crippen molar-refractivity contribution >= 4 is 21.6 Å². The fraction of sp³-hybridized carbons (Fsp3) is 0.364. The van der Waals surface area contributed by atoms with Crippen molar-refractivity contribution in [2.75, 3.05) is 5.32 Å². The van der Waals surface area contributed by atoms with Gasteiger partial charge in [0.1, 0.15) is 5.82 Å².